The quantitative estimate of drug-likeness (QED) is 0.698. The maximum atomic E-state index is 10.6. The first kappa shape index (κ1) is 13.1. The van der Waals surface area contributed by atoms with E-state index < -0.39 is 5.97 Å². The zero-order valence-corrected chi connectivity index (χ0v) is 10.2. The predicted molar refractivity (Wildman–Crippen MR) is 61.7 cm³/mol. The van der Waals surface area contributed by atoms with Crippen molar-refractivity contribution >= 4 is 17.3 Å². The lowest BCUT2D eigenvalue weighted by Crippen LogP contribution is -2.39. The fourth-order valence-electron chi connectivity index (χ4n) is 1.18. The first-order chi connectivity index (χ1) is 7.44. The average molecular weight is 244 g/mol. The molecular weight excluding hydrogens is 228 g/mol. The van der Waals surface area contributed by atoms with Gasteiger partial charge in [0.2, 0.25) is 5.01 Å². The van der Waals surface area contributed by atoms with Crippen LogP contribution >= 0.6 is 11.3 Å². The molecule has 0 aliphatic rings. The molecule has 5 nitrogen and oxygen atoms in total. The Balaban J connectivity index is 2.51. The highest BCUT2D eigenvalue weighted by molar-refractivity contribution is 7.11. The molecule has 0 atom stereocenters. The molecule has 0 saturated carbocycles. The van der Waals surface area contributed by atoms with E-state index in [0.717, 1.165) is 11.3 Å². The zero-order chi connectivity index (χ0) is 12.2. The minimum atomic E-state index is -0.995. The number of hydrogen-bond donors (Lipinski definition) is 3. The van der Waals surface area contributed by atoms with E-state index in [1.807, 2.05) is 13.8 Å². The maximum Gasteiger partial charge on any atom is 0.365 e. The molecule has 6 heteroatoms. The predicted octanol–water partition coefficient (Wildman–Crippen LogP) is 1.09. The second kappa shape index (κ2) is 5.38. The number of hydrogen-bond acceptors (Lipinski definition) is 5. The van der Waals surface area contributed by atoms with Crippen molar-refractivity contribution in [3.8, 4) is 0 Å². The van der Waals surface area contributed by atoms with Crippen LogP contribution in [0.4, 0.5) is 0 Å². The molecule has 16 heavy (non-hydrogen) atoms. The third-order valence-corrected chi connectivity index (χ3v) is 3.10. The zero-order valence-electron chi connectivity index (χ0n) is 9.36. The van der Waals surface area contributed by atoms with Gasteiger partial charge in [-0.15, -0.1) is 11.3 Å². The normalized spacial score (nSPS) is 11.7. The summed E-state index contributed by atoms with van der Waals surface area (Å²) in [4.78, 5) is 14.6. The van der Waals surface area contributed by atoms with E-state index in [9.17, 15) is 4.79 Å². The molecule has 0 spiro atoms. The molecular formula is C10H16N2O3S. The Bertz CT molecular complexity index is 363. The summed E-state index contributed by atoms with van der Waals surface area (Å²) in [5, 5.41) is 22.6. The van der Waals surface area contributed by atoms with E-state index in [-0.39, 0.29) is 17.2 Å². The van der Waals surface area contributed by atoms with Gasteiger partial charge in [-0.05, 0) is 20.3 Å². The maximum absolute atomic E-state index is 10.6. The number of carbonyl (C=O) groups is 1. The summed E-state index contributed by atoms with van der Waals surface area (Å²) in [6.07, 6.45) is 0.642. The summed E-state index contributed by atoms with van der Waals surface area (Å²) in [6.45, 7) is 4.59. The smallest absolute Gasteiger partial charge is 0.365 e. The van der Waals surface area contributed by atoms with Gasteiger partial charge in [0.1, 0.15) is 0 Å². The molecule has 0 bridgehead atoms. The summed E-state index contributed by atoms with van der Waals surface area (Å²) in [5.41, 5.74) is 0.537. The summed E-state index contributed by atoms with van der Waals surface area (Å²) in [6, 6.07) is 0. The molecule has 1 aromatic heterocycles. The van der Waals surface area contributed by atoms with Gasteiger partial charge in [-0.1, -0.05) is 0 Å². The summed E-state index contributed by atoms with van der Waals surface area (Å²) < 4.78 is 0. The molecule has 0 aliphatic heterocycles. The van der Waals surface area contributed by atoms with Crippen molar-refractivity contribution in [3.63, 3.8) is 0 Å². The fourth-order valence-corrected chi connectivity index (χ4v) is 1.84. The molecule has 0 amide bonds. The second-order valence-electron chi connectivity index (χ2n) is 4.16. The van der Waals surface area contributed by atoms with Crippen molar-refractivity contribution in [1.82, 2.24) is 10.3 Å². The monoisotopic (exact) mass is 244 g/mol. The Morgan fingerprint density at radius 1 is 1.62 bits per heavy atom. The first-order valence-corrected chi connectivity index (χ1v) is 5.86. The molecule has 0 aromatic carbocycles. The highest BCUT2D eigenvalue weighted by atomic mass is 32.1. The average Bonchev–Trinajstić information content (AvgIpc) is 2.63. The topological polar surface area (TPSA) is 82.5 Å². The van der Waals surface area contributed by atoms with Gasteiger partial charge in [-0.2, -0.15) is 0 Å². The van der Waals surface area contributed by atoms with Crippen molar-refractivity contribution in [3.05, 3.63) is 16.1 Å². The van der Waals surface area contributed by atoms with Crippen LogP contribution in [0.15, 0.2) is 5.38 Å². The van der Waals surface area contributed by atoms with E-state index in [1.54, 1.807) is 5.38 Å². The number of aromatic carboxylic acids is 1. The third-order valence-electron chi connectivity index (χ3n) is 2.22. The van der Waals surface area contributed by atoms with E-state index in [0.29, 0.717) is 18.7 Å². The number of aliphatic hydroxyl groups is 1. The Morgan fingerprint density at radius 2 is 2.31 bits per heavy atom. The standard InChI is InChI=1S/C10H16N2O3S/c1-10(2,3-4-13)11-5-7-6-16-8(12-7)9(14)15/h6,11,13H,3-5H2,1-2H3,(H,14,15). The van der Waals surface area contributed by atoms with Crippen LogP contribution in [0, 0.1) is 0 Å². The Hall–Kier alpha value is -0.980. The van der Waals surface area contributed by atoms with Crippen LogP contribution < -0.4 is 5.32 Å². The molecule has 1 heterocycles. The lowest BCUT2D eigenvalue weighted by Gasteiger charge is -2.24. The highest BCUT2D eigenvalue weighted by Crippen LogP contribution is 2.12. The second-order valence-corrected chi connectivity index (χ2v) is 5.02. The molecule has 1 aromatic rings. The van der Waals surface area contributed by atoms with Crippen molar-refractivity contribution in [2.45, 2.75) is 32.4 Å². The largest absolute Gasteiger partial charge is 0.476 e. The van der Waals surface area contributed by atoms with Gasteiger partial charge < -0.3 is 15.5 Å². The molecule has 0 fully saturated rings. The van der Waals surface area contributed by atoms with Crippen LogP contribution in [0.3, 0.4) is 0 Å². The third kappa shape index (κ3) is 3.88. The fraction of sp³-hybridized carbons (Fsp3) is 0.600. The van der Waals surface area contributed by atoms with Crippen molar-refractivity contribution in [2.75, 3.05) is 6.61 Å². The van der Waals surface area contributed by atoms with Crippen molar-refractivity contribution in [2.24, 2.45) is 0 Å². The highest BCUT2D eigenvalue weighted by Gasteiger charge is 2.17. The summed E-state index contributed by atoms with van der Waals surface area (Å²) in [5.74, 6) is -0.995. The van der Waals surface area contributed by atoms with E-state index in [2.05, 4.69) is 10.3 Å². The van der Waals surface area contributed by atoms with Crippen molar-refractivity contribution in [1.29, 1.82) is 0 Å². The lowest BCUT2D eigenvalue weighted by molar-refractivity contribution is 0.0696. The van der Waals surface area contributed by atoms with Gasteiger partial charge in [-0.25, -0.2) is 9.78 Å². The molecule has 0 radical (unpaired) electrons. The molecule has 90 valence electrons. The summed E-state index contributed by atoms with van der Waals surface area (Å²) in [7, 11) is 0. The first-order valence-electron chi connectivity index (χ1n) is 4.98. The molecule has 0 saturated heterocycles. The van der Waals surface area contributed by atoms with Crippen LogP contribution in [-0.4, -0.2) is 33.3 Å². The Morgan fingerprint density at radius 3 is 2.81 bits per heavy atom. The minimum absolute atomic E-state index is 0.108. The number of nitrogens with zero attached hydrogens (tertiary/aromatic N) is 1. The minimum Gasteiger partial charge on any atom is -0.476 e. The lowest BCUT2D eigenvalue weighted by atomic mass is 10.0. The number of thiazole rings is 1. The van der Waals surface area contributed by atoms with Crippen molar-refractivity contribution < 1.29 is 15.0 Å². The summed E-state index contributed by atoms with van der Waals surface area (Å²) >= 11 is 1.12. The molecule has 0 unspecified atom stereocenters. The van der Waals surface area contributed by atoms with E-state index in [1.165, 1.54) is 0 Å². The van der Waals surface area contributed by atoms with Gasteiger partial charge in [0.05, 0.1) is 5.69 Å². The molecule has 0 aliphatic carbocycles. The molecule has 1 rings (SSSR count). The Kier molecular flexibility index (Phi) is 4.40. The van der Waals surface area contributed by atoms with Gasteiger partial charge >= 0.3 is 5.97 Å². The number of carboxylic acid groups (broad SMARTS) is 1. The number of carboxylic acids is 1. The van der Waals surface area contributed by atoms with E-state index >= 15 is 0 Å². The van der Waals surface area contributed by atoms with Crippen LogP contribution in [-0.2, 0) is 6.54 Å². The van der Waals surface area contributed by atoms with Crippen LogP contribution in [0.2, 0.25) is 0 Å². The van der Waals surface area contributed by atoms with Gasteiger partial charge in [-0.3, -0.25) is 0 Å². The molecule has 3 N–H and O–H groups in total. The van der Waals surface area contributed by atoms with Crippen LogP contribution in [0.1, 0.15) is 35.8 Å². The number of rotatable bonds is 6. The number of aliphatic hydroxyl groups excluding tert-OH is 1. The van der Waals surface area contributed by atoms with E-state index in [4.69, 9.17) is 10.2 Å². The SMILES string of the molecule is CC(C)(CCO)NCc1csc(C(=O)O)n1. The number of aromatic nitrogens is 1. The van der Waals surface area contributed by atoms with Gasteiger partial charge in [0.25, 0.3) is 0 Å². The van der Waals surface area contributed by atoms with Crippen LogP contribution in [0.5, 0.6) is 0 Å². The Labute approximate surface area is 98.1 Å². The van der Waals surface area contributed by atoms with Gasteiger partial charge in [0.15, 0.2) is 0 Å². The number of nitrogens with one attached hydrogen (secondary N) is 1. The van der Waals surface area contributed by atoms with Crippen LogP contribution in [0.25, 0.3) is 0 Å². The van der Waals surface area contributed by atoms with Gasteiger partial charge in [0, 0.05) is 24.1 Å².